The van der Waals surface area contributed by atoms with Gasteiger partial charge in [0.25, 0.3) is 0 Å². The smallest absolute Gasteiger partial charge is 0.331 e. The molecular formula is C24H34O6. The molecule has 166 valence electrons. The summed E-state index contributed by atoms with van der Waals surface area (Å²) >= 11 is 0. The van der Waals surface area contributed by atoms with E-state index in [4.69, 9.17) is 4.74 Å². The SMILES string of the molecule is C[C@@H](O)C[C@H]1C[C@H](O)/C=C/C=C/C=C/C[C@@H](O)C[C@@H](O)C/C=C/C=C/C=C/C(=O)O1. The summed E-state index contributed by atoms with van der Waals surface area (Å²) in [6, 6.07) is 0. The van der Waals surface area contributed by atoms with Gasteiger partial charge in [0, 0.05) is 18.9 Å². The number of carbonyl (C=O) groups is 1. The summed E-state index contributed by atoms with van der Waals surface area (Å²) in [6.45, 7) is 1.60. The number of allylic oxidation sites excluding steroid dienone is 8. The lowest BCUT2D eigenvalue weighted by Crippen LogP contribution is -2.26. The fourth-order valence-electron chi connectivity index (χ4n) is 2.84. The predicted molar refractivity (Wildman–Crippen MR) is 118 cm³/mol. The third-order valence-corrected chi connectivity index (χ3v) is 4.26. The lowest BCUT2D eigenvalue weighted by Gasteiger charge is -2.20. The molecule has 0 unspecified atom stereocenters. The molecule has 5 atom stereocenters. The van der Waals surface area contributed by atoms with Gasteiger partial charge >= 0.3 is 5.97 Å². The fraction of sp³-hybridized carbons (Fsp3) is 0.458. The first-order chi connectivity index (χ1) is 14.4. The summed E-state index contributed by atoms with van der Waals surface area (Å²) in [5, 5.41) is 39.7. The Labute approximate surface area is 178 Å². The summed E-state index contributed by atoms with van der Waals surface area (Å²) in [5.74, 6) is -0.554. The van der Waals surface area contributed by atoms with Crippen LogP contribution in [0.1, 0.15) is 39.0 Å². The van der Waals surface area contributed by atoms with Crippen molar-refractivity contribution in [2.45, 2.75) is 69.5 Å². The first-order valence-corrected chi connectivity index (χ1v) is 10.3. The molecule has 0 saturated heterocycles. The second-order valence-electron chi connectivity index (χ2n) is 7.33. The van der Waals surface area contributed by atoms with Gasteiger partial charge in [-0.15, -0.1) is 0 Å². The van der Waals surface area contributed by atoms with Gasteiger partial charge in [0.2, 0.25) is 0 Å². The summed E-state index contributed by atoms with van der Waals surface area (Å²) in [5.41, 5.74) is 0. The third-order valence-electron chi connectivity index (χ3n) is 4.26. The zero-order valence-electron chi connectivity index (χ0n) is 17.5. The molecule has 0 fully saturated rings. The molecule has 1 aliphatic rings. The zero-order valence-corrected chi connectivity index (χ0v) is 17.5. The quantitative estimate of drug-likeness (QED) is 0.514. The van der Waals surface area contributed by atoms with Gasteiger partial charge in [0.1, 0.15) is 6.10 Å². The Morgan fingerprint density at radius 2 is 1.47 bits per heavy atom. The second-order valence-corrected chi connectivity index (χ2v) is 7.33. The number of ether oxygens (including phenoxy) is 1. The number of hydrogen-bond donors (Lipinski definition) is 4. The molecular weight excluding hydrogens is 384 g/mol. The van der Waals surface area contributed by atoms with Crippen molar-refractivity contribution in [1.82, 2.24) is 0 Å². The van der Waals surface area contributed by atoms with Crippen LogP contribution in [-0.4, -0.2) is 56.9 Å². The molecule has 6 heteroatoms. The standard InChI is InChI=1S/C24H34O6/c1-19(25)16-23-18-22(28)14-10-5-2-4-8-12-20(26)17-21(27)13-9-6-3-7-11-15-24(29)30-23/h2-11,14-15,19-23,25-28H,12-13,16-18H2,1H3/b5-2+,7-3+,8-4+,9-6+,14-10+,15-11+/t19-,20-,21+,22-,23+/m1/s1. The number of aliphatic hydroxyl groups excluding tert-OH is 4. The Morgan fingerprint density at radius 3 is 2.07 bits per heavy atom. The molecule has 0 aliphatic carbocycles. The van der Waals surface area contributed by atoms with Gasteiger partial charge in [-0.3, -0.25) is 0 Å². The molecule has 0 bridgehead atoms. The van der Waals surface area contributed by atoms with Gasteiger partial charge in [-0.25, -0.2) is 4.79 Å². The molecule has 1 heterocycles. The highest BCUT2D eigenvalue weighted by molar-refractivity contribution is 5.82. The fourth-order valence-corrected chi connectivity index (χ4v) is 2.84. The van der Waals surface area contributed by atoms with E-state index in [-0.39, 0.29) is 19.3 Å². The predicted octanol–water partition coefficient (Wildman–Crippen LogP) is 2.66. The first-order valence-electron chi connectivity index (χ1n) is 10.3. The van der Waals surface area contributed by atoms with Crippen molar-refractivity contribution in [3.05, 3.63) is 72.9 Å². The van der Waals surface area contributed by atoms with Gasteiger partial charge in [-0.1, -0.05) is 66.8 Å². The molecule has 0 radical (unpaired) electrons. The highest BCUT2D eigenvalue weighted by Gasteiger charge is 2.18. The average molecular weight is 419 g/mol. The minimum Gasteiger partial charge on any atom is -0.459 e. The number of carbonyl (C=O) groups excluding carboxylic acids is 1. The second kappa shape index (κ2) is 15.6. The van der Waals surface area contributed by atoms with E-state index in [1.807, 2.05) is 6.08 Å². The Morgan fingerprint density at radius 1 is 0.900 bits per heavy atom. The van der Waals surface area contributed by atoms with Crippen LogP contribution in [0.5, 0.6) is 0 Å². The summed E-state index contributed by atoms with van der Waals surface area (Å²) < 4.78 is 5.35. The van der Waals surface area contributed by atoms with Crippen molar-refractivity contribution in [3.63, 3.8) is 0 Å². The number of hydrogen-bond acceptors (Lipinski definition) is 6. The van der Waals surface area contributed by atoms with E-state index in [9.17, 15) is 25.2 Å². The summed E-state index contributed by atoms with van der Waals surface area (Å²) in [6.07, 6.45) is 18.3. The molecule has 0 amide bonds. The van der Waals surface area contributed by atoms with Crippen LogP contribution in [0.15, 0.2) is 72.9 Å². The van der Waals surface area contributed by atoms with Crippen LogP contribution in [0.4, 0.5) is 0 Å². The molecule has 0 saturated carbocycles. The molecule has 1 aliphatic heterocycles. The van der Waals surface area contributed by atoms with Crippen LogP contribution in [0.3, 0.4) is 0 Å². The van der Waals surface area contributed by atoms with E-state index in [0.29, 0.717) is 12.8 Å². The molecule has 0 aromatic carbocycles. The van der Waals surface area contributed by atoms with Crippen LogP contribution in [0.2, 0.25) is 0 Å². The number of aliphatic hydroxyl groups is 4. The van der Waals surface area contributed by atoms with Gasteiger partial charge in [0.15, 0.2) is 0 Å². The lowest BCUT2D eigenvalue weighted by atomic mass is 10.1. The minimum atomic E-state index is -0.828. The molecule has 4 N–H and O–H groups in total. The van der Waals surface area contributed by atoms with Crippen LogP contribution in [0, 0.1) is 0 Å². The van der Waals surface area contributed by atoms with Crippen molar-refractivity contribution >= 4 is 5.97 Å². The maximum Gasteiger partial charge on any atom is 0.331 e. The molecule has 0 aromatic heterocycles. The monoisotopic (exact) mass is 418 g/mol. The van der Waals surface area contributed by atoms with E-state index in [2.05, 4.69) is 0 Å². The van der Waals surface area contributed by atoms with Gasteiger partial charge in [-0.05, 0) is 26.2 Å². The lowest BCUT2D eigenvalue weighted by molar-refractivity contribution is -0.145. The molecule has 1 rings (SSSR count). The van der Waals surface area contributed by atoms with Crippen molar-refractivity contribution in [2.75, 3.05) is 0 Å². The Hall–Kier alpha value is -2.25. The molecule has 0 aromatic rings. The van der Waals surface area contributed by atoms with Crippen molar-refractivity contribution in [2.24, 2.45) is 0 Å². The van der Waals surface area contributed by atoms with E-state index in [0.717, 1.165) is 0 Å². The number of cyclic esters (lactones) is 1. The van der Waals surface area contributed by atoms with Gasteiger partial charge in [0.05, 0.1) is 24.4 Å². The van der Waals surface area contributed by atoms with E-state index in [1.54, 1.807) is 61.6 Å². The molecule has 6 nitrogen and oxygen atoms in total. The number of rotatable bonds is 2. The van der Waals surface area contributed by atoms with E-state index in [1.165, 1.54) is 12.2 Å². The Bertz CT molecular complexity index is 657. The third kappa shape index (κ3) is 13.8. The Balaban J connectivity index is 2.84. The minimum absolute atomic E-state index is 0.178. The normalized spacial score (nSPS) is 34.9. The van der Waals surface area contributed by atoms with Crippen LogP contribution in [-0.2, 0) is 9.53 Å². The average Bonchev–Trinajstić information content (AvgIpc) is 2.65. The van der Waals surface area contributed by atoms with Crippen LogP contribution < -0.4 is 0 Å². The van der Waals surface area contributed by atoms with Crippen molar-refractivity contribution in [1.29, 1.82) is 0 Å². The van der Waals surface area contributed by atoms with Crippen molar-refractivity contribution in [3.8, 4) is 0 Å². The maximum atomic E-state index is 12.0. The first kappa shape index (κ1) is 25.8. The van der Waals surface area contributed by atoms with Crippen LogP contribution >= 0.6 is 0 Å². The van der Waals surface area contributed by atoms with Gasteiger partial charge in [-0.2, -0.15) is 0 Å². The largest absolute Gasteiger partial charge is 0.459 e. The topological polar surface area (TPSA) is 107 Å². The van der Waals surface area contributed by atoms with E-state index >= 15 is 0 Å². The summed E-state index contributed by atoms with van der Waals surface area (Å²) in [4.78, 5) is 12.0. The number of esters is 1. The summed E-state index contributed by atoms with van der Waals surface area (Å²) in [7, 11) is 0. The molecule has 0 spiro atoms. The Kier molecular flexibility index (Phi) is 13.4. The highest BCUT2D eigenvalue weighted by atomic mass is 16.5. The van der Waals surface area contributed by atoms with E-state index < -0.39 is 36.5 Å². The zero-order chi connectivity index (χ0) is 22.2. The van der Waals surface area contributed by atoms with Gasteiger partial charge < -0.3 is 25.2 Å². The van der Waals surface area contributed by atoms with Crippen molar-refractivity contribution < 1.29 is 30.0 Å². The molecule has 30 heavy (non-hydrogen) atoms. The van der Waals surface area contributed by atoms with Crippen LogP contribution in [0.25, 0.3) is 0 Å². The maximum absolute atomic E-state index is 12.0. The highest BCUT2D eigenvalue weighted by Crippen LogP contribution is 2.12.